The SMILES string of the molecule is Cc1nc2c(C3CCCO3)cc(C(F)(F)F)cc2s1. The van der Waals surface area contributed by atoms with E-state index < -0.39 is 11.7 Å². The van der Waals surface area contributed by atoms with Crippen molar-refractivity contribution in [1.82, 2.24) is 4.98 Å². The Morgan fingerprint density at radius 2 is 2.16 bits per heavy atom. The summed E-state index contributed by atoms with van der Waals surface area (Å²) >= 11 is 1.29. The summed E-state index contributed by atoms with van der Waals surface area (Å²) in [5.74, 6) is 0. The number of aromatic nitrogens is 1. The first-order valence-electron chi connectivity index (χ1n) is 6.05. The molecule has 1 aliphatic heterocycles. The quantitative estimate of drug-likeness (QED) is 0.771. The Hall–Kier alpha value is -1.14. The van der Waals surface area contributed by atoms with E-state index in [9.17, 15) is 13.2 Å². The van der Waals surface area contributed by atoms with Gasteiger partial charge in [-0.2, -0.15) is 13.2 Å². The summed E-state index contributed by atoms with van der Waals surface area (Å²) in [5.41, 5.74) is 0.614. The molecule has 1 unspecified atom stereocenters. The van der Waals surface area contributed by atoms with Crippen LogP contribution < -0.4 is 0 Å². The lowest BCUT2D eigenvalue weighted by Crippen LogP contribution is -2.07. The molecule has 0 spiro atoms. The lowest BCUT2D eigenvalue weighted by atomic mass is 10.0. The Bertz CT molecular complexity index is 614. The highest BCUT2D eigenvalue weighted by Crippen LogP contribution is 2.40. The van der Waals surface area contributed by atoms with Gasteiger partial charge < -0.3 is 4.74 Å². The third kappa shape index (κ3) is 2.34. The Morgan fingerprint density at radius 1 is 1.37 bits per heavy atom. The molecular weight excluding hydrogens is 275 g/mol. The fourth-order valence-electron chi connectivity index (χ4n) is 2.40. The molecule has 102 valence electrons. The molecule has 6 heteroatoms. The van der Waals surface area contributed by atoms with E-state index in [0.29, 0.717) is 22.4 Å². The number of halogens is 3. The summed E-state index contributed by atoms with van der Waals surface area (Å²) in [4.78, 5) is 4.35. The van der Waals surface area contributed by atoms with Crippen molar-refractivity contribution >= 4 is 21.6 Å². The first-order chi connectivity index (χ1) is 8.95. The number of benzene rings is 1. The third-order valence-electron chi connectivity index (χ3n) is 3.24. The van der Waals surface area contributed by atoms with Gasteiger partial charge in [0.25, 0.3) is 0 Å². The summed E-state index contributed by atoms with van der Waals surface area (Å²) in [6.45, 7) is 2.41. The molecule has 1 saturated heterocycles. The average Bonchev–Trinajstić information content (AvgIpc) is 2.92. The Balaban J connectivity index is 2.21. The fourth-order valence-corrected chi connectivity index (χ4v) is 3.30. The molecule has 0 amide bonds. The van der Waals surface area contributed by atoms with Crippen LogP contribution in [0.2, 0.25) is 0 Å². The van der Waals surface area contributed by atoms with Crippen molar-refractivity contribution in [3.8, 4) is 0 Å². The average molecular weight is 287 g/mol. The molecular formula is C13H12F3NOS. The van der Waals surface area contributed by atoms with Gasteiger partial charge in [0.2, 0.25) is 0 Å². The highest BCUT2D eigenvalue weighted by Gasteiger charge is 2.33. The zero-order valence-corrected chi connectivity index (χ0v) is 11.1. The number of hydrogen-bond donors (Lipinski definition) is 0. The van der Waals surface area contributed by atoms with Gasteiger partial charge in [-0.3, -0.25) is 0 Å². The summed E-state index contributed by atoms with van der Waals surface area (Å²) in [6.07, 6.45) is -2.95. The summed E-state index contributed by atoms with van der Waals surface area (Å²) < 4.78 is 44.9. The maximum atomic E-state index is 12.9. The number of fused-ring (bicyclic) bond motifs is 1. The number of nitrogens with zero attached hydrogens (tertiary/aromatic N) is 1. The molecule has 2 heterocycles. The third-order valence-corrected chi connectivity index (χ3v) is 4.15. The molecule has 0 saturated carbocycles. The molecule has 19 heavy (non-hydrogen) atoms. The van der Waals surface area contributed by atoms with Crippen molar-refractivity contribution in [2.24, 2.45) is 0 Å². The molecule has 0 radical (unpaired) electrons. The second-order valence-electron chi connectivity index (χ2n) is 4.64. The first kappa shape index (κ1) is 12.9. The second-order valence-corrected chi connectivity index (χ2v) is 5.88. The zero-order valence-electron chi connectivity index (χ0n) is 10.3. The lowest BCUT2D eigenvalue weighted by molar-refractivity contribution is -0.137. The minimum absolute atomic E-state index is 0.258. The normalized spacial score (nSPS) is 20.3. The predicted octanol–water partition coefficient (Wildman–Crippen LogP) is 4.48. The molecule has 0 bridgehead atoms. The van der Waals surface area contributed by atoms with Crippen LogP contribution in [0.1, 0.15) is 35.1 Å². The van der Waals surface area contributed by atoms with Crippen molar-refractivity contribution in [3.05, 3.63) is 28.3 Å². The van der Waals surface area contributed by atoms with E-state index in [1.807, 2.05) is 0 Å². The van der Waals surface area contributed by atoms with E-state index in [1.165, 1.54) is 23.5 Å². The minimum Gasteiger partial charge on any atom is -0.373 e. The van der Waals surface area contributed by atoms with Crippen LogP contribution in [0, 0.1) is 6.92 Å². The predicted molar refractivity (Wildman–Crippen MR) is 67.3 cm³/mol. The number of alkyl halides is 3. The van der Waals surface area contributed by atoms with Gasteiger partial charge in [0.1, 0.15) is 0 Å². The van der Waals surface area contributed by atoms with Gasteiger partial charge in [-0.15, -0.1) is 11.3 Å². The van der Waals surface area contributed by atoms with Crippen LogP contribution in [0.5, 0.6) is 0 Å². The molecule has 1 fully saturated rings. The summed E-state index contributed by atoms with van der Waals surface area (Å²) in [5, 5.41) is 0.772. The molecule has 1 aliphatic rings. The topological polar surface area (TPSA) is 22.1 Å². The van der Waals surface area contributed by atoms with E-state index in [2.05, 4.69) is 4.98 Å². The van der Waals surface area contributed by atoms with Crippen molar-refractivity contribution in [3.63, 3.8) is 0 Å². The Morgan fingerprint density at radius 3 is 2.79 bits per heavy atom. The van der Waals surface area contributed by atoms with Gasteiger partial charge in [-0.25, -0.2) is 4.98 Å². The van der Waals surface area contributed by atoms with Crippen LogP contribution >= 0.6 is 11.3 Å². The molecule has 2 nitrogen and oxygen atoms in total. The van der Waals surface area contributed by atoms with E-state index in [4.69, 9.17) is 4.74 Å². The van der Waals surface area contributed by atoms with Crippen molar-refractivity contribution in [1.29, 1.82) is 0 Å². The van der Waals surface area contributed by atoms with Gasteiger partial charge in [-0.1, -0.05) is 0 Å². The van der Waals surface area contributed by atoms with E-state index in [0.717, 1.165) is 17.8 Å². The largest absolute Gasteiger partial charge is 0.416 e. The number of aryl methyl sites for hydroxylation is 1. The van der Waals surface area contributed by atoms with Crippen LogP contribution in [0.15, 0.2) is 12.1 Å². The van der Waals surface area contributed by atoms with E-state index in [1.54, 1.807) is 6.92 Å². The first-order valence-corrected chi connectivity index (χ1v) is 6.86. The lowest BCUT2D eigenvalue weighted by Gasteiger charge is -2.14. The zero-order chi connectivity index (χ0) is 13.6. The van der Waals surface area contributed by atoms with Crippen LogP contribution in [0.25, 0.3) is 10.2 Å². The Labute approximate surface area is 112 Å². The molecule has 2 aromatic rings. The number of hydrogen-bond acceptors (Lipinski definition) is 3. The maximum Gasteiger partial charge on any atom is 0.416 e. The molecule has 1 aromatic carbocycles. The molecule has 3 rings (SSSR count). The van der Waals surface area contributed by atoms with Gasteiger partial charge in [0.15, 0.2) is 0 Å². The van der Waals surface area contributed by atoms with Crippen LogP contribution in [-0.2, 0) is 10.9 Å². The van der Waals surface area contributed by atoms with Gasteiger partial charge in [-0.05, 0) is 31.9 Å². The highest BCUT2D eigenvalue weighted by atomic mass is 32.1. The molecule has 1 atom stereocenters. The van der Waals surface area contributed by atoms with Crippen LogP contribution in [0.4, 0.5) is 13.2 Å². The van der Waals surface area contributed by atoms with Crippen molar-refractivity contribution in [2.45, 2.75) is 32.0 Å². The standard InChI is InChI=1S/C13H12F3NOS/c1-7-17-12-9(10-3-2-4-18-10)5-8(13(14,15)16)6-11(12)19-7/h5-6,10H,2-4H2,1H3. The van der Waals surface area contributed by atoms with Crippen LogP contribution in [-0.4, -0.2) is 11.6 Å². The van der Waals surface area contributed by atoms with Gasteiger partial charge in [0, 0.05) is 12.2 Å². The van der Waals surface area contributed by atoms with Crippen molar-refractivity contribution < 1.29 is 17.9 Å². The molecule has 0 N–H and O–H groups in total. The monoisotopic (exact) mass is 287 g/mol. The number of rotatable bonds is 1. The van der Waals surface area contributed by atoms with Gasteiger partial charge in [0.05, 0.1) is 26.9 Å². The highest BCUT2D eigenvalue weighted by molar-refractivity contribution is 7.18. The number of thiazole rings is 1. The van der Waals surface area contributed by atoms with E-state index in [-0.39, 0.29) is 6.10 Å². The Kier molecular flexibility index (Phi) is 3.02. The van der Waals surface area contributed by atoms with Crippen molar-refractivity contribution in [2.75, 3.05) is 6.61 Å². The van der Waals surface area contributed by atoms with E-state index >= 15 is 0 Å². The minimum atomic E-state index is -4.33. The summed E-state index contributed by atoms with van der Waals surface area (Å²) in [7, 11) is 0. The van der Waals surface area contributed by atoms with Gasteiger partial charge >= 0.3 is 6.18 Å². The fraction of sp³-hybridized carbons (Fsp3) is 0.462. The molecule has 0 aliphatic carbocycles. The second kappa shape index (κ2) is 4.45. The molecule has 1 aromatic heterocycles. The maximum absolute atomic E-state index is 12.9. The summed E-state index contributed by atoms with van der Waals surface area (Å²) in [6, 6.07) is 2.37. The number of ether oxygens (including phenoxy) is 1. The van der Waals surface area contributed by atoms with Crippen LogP contribution in [0.3, 0.4) is 0 Å². The smallest absolute Gasteiger partial charge is 0.373 e.